The van der Waals surface area contributed by atoms with Crippen LogP contribution < -0.4 is 4.90 Å². The van der Waals surface area contributed by atoms with E-state index >= 15 is 0 Å². The maximum atomic E-state index is 13.6. The van der Waals surface area contributed by atoms with Gasteiger partial charge in [-0.25, -0.2) is 9.78 Å². The first-order valence-corrected chi connectivity index (χ1v) is 11.1. The van der Waals surface area contributed by atoms with Gasteiger partial charge in [0.2, 0.25) is 0 Å². The zero-order valence-electron chi connectivity index (χ0n) is 17.3. The molecule has 1 aliphatic heterocycles. The van der Waals surface area contributed by atoms with E-state index in [1.165, 1.54) is 6.20 Å². The third kappa shape index (κ3) is 3.61. The van der Waals surface area contributed by atoms with Gasteiger partial charge in [0, 0.05) is 9.79 Å². The molecule has 0 spiro atoms. The average molecular weight is 442 g/mol. The Kier molecular flexibility index (Phi) is 5.33. The molecule has 1 aromatic heterocycles. The smallest absolute Gasteiger partial charge is 0.359 e. The van der Waals surface area contributed by atoms with Crippen molar-refractivity contribution in [2.45, 2.75) is 29.2 Å². The van der Waals surface area contributed by atoms with Gasteiger partial charge in [0.25, 0.3) is 5.91 Å². The number of fused-ring (bicyclic) bond motifs is 3. The van der Waals surface area contributed by atoms with Crippen molar-refractivity contribution >= 4 is 46.0 Å². The summed E-state index contributed by atoms with van der Waals surface area (Å²) in [5, 5.41) is 0. The van der Waals surface area contributed by atoms with Crippen molar-refractivity contribution in [2.24, 2.45) is 0 Å². The van der Waals surface area contributed by atoms with Gasteiger partial charge >= 0.3 is 5.97 Å². The van der Waals surface area contributed by atoms with Crippen molar-refractivity contribution in [3.63, 3.8) is 0 Å². The van der Waals surface area contributed by atoms with Crippen LogP contribution in [-0.4, -0.2) is 27.9 Å². The van der Waals surface area contributed by atoms with Gasteiger partial charge in [0.1, 0.15) is 0 Å². The van der Waals surface area contributed by atoms with Crippen LogP contribution in [0.3, 0.4) is 0 Å². The molecule has 0 saturated carbocycles. The minimum Gasteiger partial charge on any atom is -0.447 e. The van der Waals surface area contributed by atoms with E-state index in [1.54, 1.807) is 22.7 Å². The maximum Gasteiger partial charge on any atom is 0.359 e. The molecule has 32 heavy (non-hydrogen) atoms. The number of esters is 1. The van der Waals surface area contributed by atoms with Gasteiger partial charge in [-0.15, -0.1) is 0 Å². The molecule has 0 saturated heterocycles. The van der Waals surface area contributed by atoms with Crippen LogP contribution in [0, 0.1) is 0 Å². The van der Waals surface area contributed by atoms with Crippen molar-refractivity contribution in [1.29, 1.82) is 0 Å². The summed E-state index contributed by atoms with van der Waals surface area (Å²) in [5.41, 5.74) is 2.91. The number of anilines is 2. The van der Waals surface area contributed by atoms with E-state index in [1.807, 2.05) is 73.7 Å². The molecule has 1 unspecified atom stereocenters. The number of amides is 1. The molecule has 1 aliphatic rings. The van der Waals surface area contributed by atoms with Crippen molar-refractivity contribution in [2.75, 3.05) is 4.90 Å². The Balaban J connectivity index is 1.46. The number of hydrogen-bond acceptors (Lipinski definition) is 6. The fourth-order valence-corrected chi connectivity index (χ4v) is 4.70. The van der Waals surface area contributed by atoms with Crippen LogP contribution >= 0.6 is 11.8 Å². The molecule has 3 aromatic carbocycles. The lowest BCUT2D eigenvalue weighted by Crippen LogP contribution is -2.39. The lowest BCUT2D eigenvalue weighted by Gasteiger charge is -2.33. The van der Waals surface area contributed by atoms with E-state index in [4.69, 9.17) is 4.74 Å². The van der Waals surface area contributed by atoms with Gasteiger partial charge in [0.05, 0.1) is 28.6 Å². The van der Waals surface area contributed by atoms with Crippen LogP contribution in [0.5, 0.6) is 0 Å². The summed E-state index contributed by atoms with van der Waals surface area (Å²) < 4.78 is 5.64. The summed E-state index contributed by atoms with van der Waals surface area (Å²) in [6.45, 7) is 1.82. The molecular formula is C25H19N3O3S. The first kappa shape index (κ1) is 20.2. The summed E-state index contributed by atoms with van der Waals surface area (Å²) in [6.07, 6.45) is 0.754. The van der Waals surface area contributed by atoms with Crippen LogP contribution in [0.1, 0.15) is 23.8 Å². The highest BCUT2D eigenvalue weighted by atomic mass is 32.2. The topological polar surface area (TPSA) is 72.4 Å². The zero-order valence-corrected chi connectivity index (χ0v) is 18.1. The molecule has 0 radical (unpaired) electrons. The zero-order chi connectivity index (χ0) is 22.1. The average Bonchev–Trinajstić information content (AvgIpc) is 2.85. The van der Waals surface area contributed by atoms with E-state index in [2.05, 4.69) is 9.97 Å². The molecule has 158 valence electrons. The van der Waals surface area contributed by atoms with Crippen LogP contribution in [0.4, 0.5) is 11.4 Å². The minimum absolute atomic E-state index is 0.0740. The summed E-state index contributed by atoms with van der Waals surface area (Å²) in [4.78, 5) is 38.7. The third-order valence-corrected chi connectivity index (χ3v) is 6.34. The second-order valence-corrected chi connectivity index (χ2v) is 8.34. The highest BCUT2D eigenvalue weighted by molar-refractivity contribution is 7.99. The summed E-state index contributed by atoms with van der Waals surface area (Å²) in [5.74, 6) is -0.966. The largest absolute Gasteiger partial charge is 0.447 e. The van der Waals surface area contributed by atoms with Crippen LogP contribution in [-0.2, 0) is 9.53 Å². The summed E-state index contributed by atoms with van der Waals surface area (Å²) >= 11 is 1.61. The molecular weight excluding hydrogens is 422 g/mol. The van der Waals surface area contributed by atoms with Crippen molar-refractivity contribution in [3.05, 3.63) is 84.7 Å². The first-order valence-electron chi connectivity index (χ1n) is 10.3. The second-order valence-electron chi connectivity index (χ2n) is 7.26. The molecule has 4 aromatic rings. The number of carbonyl (C=O) groups excluding carboxylic acids is 2. The molecule has 1 atom stereocenters. The fourth-order valence-electron chi connectivity index (χ4n) is 3.64. The van der Waals surface area contributed by atoms with E-state index in [0.29, 0.717) is 17.5 Å². The normalized spacial score (nSPS) is 13.2. The number of carbonyl (C=O) groups is 2. The Bertz CT molecular complexity index is 1300. The lowest BCUT2D eigenvalue weighted by atomic mass is 10.1. The number of benzene rings is 3. The Labute approximate surface area is 189 Å². The number of ether oxygens (including phenoxy) is 1. The van der Waals surface area contributed by atoms with Gasteiger partial charge in [-0.3, -0.25) is 14.7 Å². The van der Waals surface area contributed by atoms with Crippen molar-refractivity contribution < 1.29 is 14.3 Å². The Morgan fingerprint density at radius 1 is 0.906 bits per heavy atom. The molecule has 6 nitrogen and oxygen atoms in total. The number of aromatic nitrogens is 2. The predicted octanol–water partition coefficient (Wildman–Crippen LogP) is 5.39. The number of para-hydroxylation sites is 4. The standard InChI is InChI=1S/C25H19N3O3S/c1-2-21(31-25(30)18-15-26-16-9-3-4-10-17(16)27-18)24(29)28-19-11-5-7-13-22(19)32-23-14-8-6-12-20(23)28/h3-15,21H,2H2,1H3. The summed E-state index contributed by atoms with van der Waals surface area (Å²) in [7, 11) is 0. The van der Waals surface area contributed by atoms with Crippen LogP contribution in [0.25, 0.3) is 11.0 Å². The molecule has 5 rings (SSSR count). The van der Waals surface area contributed by atoms with E-state index < -0.39 is 12.1 Å². The first-order chi connectivity index (χ1) is 15.7. The monoisotopic (exact) mass is 441 g/mol. The molecule has 0 N–H and O–H groups in total. The Morgan fingerprint density at radius 3 is 2.16 bits per heavy atom. The minimum atomic E-state index is -0.958. The predicted molar refractivity (Wildman–Crippen MR) is 123 cm³/mol. The Hall–Kier alpha value is -3.71. The van der Waals surface area contributed by atoms with E-state index in [0.717, 1.165) is 21.2 Å². The number of nitrogens with zero attached hydrogens (tertiary/aromatic N) is 3. The highest BCUT2D eigenvalue weighted by Gasteiger charge is 2.34. The highest BCUT2D eigenvalue weighted by Crippen LogP contribution is 2.48. The SMILES string of the molecule is CCC(OC(=O)c1cnc2ccccc2n1)C(=O)N1c2ccccc2Sc2ccccc21. The molecule has 0 aliphatic carbocycles. The molecule has 2 heterocycles. The van der Waals surface area contributed by atoms with Crippen molar-refractivity contribution in [3.8, 4) is 0 Å². The van der Waals surface area contributed by atoms with Gasteiger partial charge in [-0.05, 0) is 42.8 Å². The molecule has 0 fully saturated rings. The Morgan fingerprint density at radius 2 is 1.50 bits per heavy atom. The maximum absolute atomic E-state index is 13.6. The summed E-state index contributed by atoms with van der Waals surface area (Å²) in [6, 6.07) is 22.7. The fraction of sp³-hybridized carbons (Fsp3) is 0.120. The van der Waals surface area contributed by atoms with Crippen LogP contribution in [0.15, 0.2) is 88.8 Å². The molecule has 0 bridgehead atoms. The third-order valence-electron chi connectivity index (χ3n) is 5.21. The number of rotatable bonds is 4. The van der Waals surface area contributed by atoms with Gasteiger partial charge in [-0.1, -0.05) is 55.1 Å². The molecule has 1 amide bonds. The van der Waals surface area contributed by atoms with E-state index in [9.17, 15) is 9.59 Å². The molecule has 7 heteroatoms. The second kappa shape index (κ2) is 8.43. The van der Waals surface area contributed by atoms with Gasteiger partial charge in [0.15, 0.2) is 11.8 Å². The quantitative estimate of drug-likeness (QED) is 0.395. The van der Waals surface area contributed by atoms with E-state index in [-0.39, 0.29) is 11.6 Å². The van der Waals surface area contributed by atoms with Gasteiger partial charge < -0.3 is 4.74 Å². The van der Waals surface area contributed by atoms with Crippen molar-refractivity contribution in [1.82, 2.24) is 9.97 Å². The van der Waals surface area contributed by atoms with Gasteiger partial charge in [-0.2, -0.15) is 0 Å². The lowest BCUT2D eigenvalue weighted by molar-refractivity contribution is -0.126. The number of hydrogen-bond donors (Lipinski definition) is 0. The van der Waals surface area contributed by atoms with Crippen LogP contribution in [0.2, 0.25) is 0 Å².